The van der Waals surface area contributed by atoms with Crippen molar-refractivity contribution in [1.29, 1.82) is 0 Å². The molecular formula is C34H28O2P+. The topological polar surface area (TPSA) is 26.3 Å². The first-order valence-electron chi connectivity index (χ1n) is 12.3. The van der Waals surface area contributed by atoms with Crippen molar-refractivity contribution in [3.05, 3.63) is 168 Å². The SMILES string of the molecule is O=C(Cc1ccccc1)O/C(=C\c1ccccc1)[P+](c1ccccc1)(c1ccccc1)c1ccccc1. The average molecular weight is 500 g/mol. The van der Waals surface area contributed by atoms with Gasteiger partial charge >= 0.3 is 5.97 Å². The van der Waals surface area contributed by atoms with Gasteiger partial charge < -0.3 is 4.74 Å². The van der Waals surface area contributed by atoms with E-state index in [9.17, 15) is 4.79 Å². The minimum absolute atomic E-state index is 0.200. The molecule has 2 nitrogen and oxygen atoms in total. The maximum Gasteiger partial charge on any atom is 0.318 e. The molecule has 0 unspecified atom stereocenters. The Labute approximate surface area is 219 Å². The summed E-state index contributed by atoms with van der Waals surface area (Å²) in [6.07, 6.45) is 2.25. The number of hydrogen-bond donors (Lipinski definition) is 0. The lowest BCUT2D eigenvalue weighted by Gasteiger charge is -2.28. The van der Waals surface area contributed by atoms with Crippen molar-refractivity contribution in [3.63, 3.8) is 0 Å². The lowest BCUT2D eigenvalue weighted by molar-refractivity contribution is -0.137. The second kappa shape index (κ2) is 11.6. The lowest BCUT2D eigenvalue weighted by atomic mass is 10.2. The number of rotatable bonds is 8. The van der Waals surface area contributed by atoms with E-state index in [0.717, 1.165) is 27.0 Å². The normalized spacial score (nSPS) is 11.6. The van der Waals surface area contributed by atoms with Crippen LogP contribution in [0, 0.1) is 0 Å². The molecule has 0 fully saturated rings. The zero-order valence-corrected chi connectivity index (χ0v) is 21.4. The van der Waals surface area contributed by atoms with Crippen LogP contribution in [0.25, 0.3) is 6.08 Å². The number of carbonyl (C=O) groups is 1. The Morgan fingerprint density at radius 2 is 0.919 bits per heavy atom. The van der Waals surface area contributed by atoms with Crippen molar-refractivity contribution in [3.8, 4) is 0 Å². The molecule has 5 rings (SSSR count). The monoisotopic (exact) mass is 499 g/mol. The Morgan fingerprint density at radius 1 is 0.541 bits per heavy atom. The Hall–Kier alpha value is -4.26. The van der Waals surface area contributed by atoms with Gasteiger partial charge in [0, 0.05) is 6.08 Å². The Balaban J connectivity index is 1.76. The summed E-state index contributed by atoms with van der Waals surface area (Å²) in [5.41, 5.74) is 2.58. The Bertz CT molecular complexity index is 1350. The lowest BCUT2D eigenvalue weighted by Crippen LogP contribution is -2.33. The molecule has 3 heteroatoms. The van der Waals surface area contributed by atoms with E-state index in [2.05, 4.69) is 72.8 Å². The van der Waals surface area contributed by atoms with Crippen LogP contribution in [-0.4, -0.2) is 5.97 Å². The average Bonchev–Trinajstić information content (AvgIpc) is 2.96. The fourth-order valence-corrected chi connectivity index (χ4v) is 8.68. The third kappa shape index (κ3) is 5.45. The van der Waals surface area contributed by atoms with E-state index in [1.165, 1.54) is 0 Å². The van der Waals surface area contributed by atoms with Crippen LogP contribution in [0.5, 0.6) is 0 Å². The number of hydrogen-bond acceptors (Lipinski definition) is 2. The van der Waals surface area contributed by atoms with E-state index < -0.39 is 7.26 Å². The van der Waals surface area contributed by atoms with Gasteiger partial charge in [0.05, 0.1) is 6.42 Å². The van der Waals surface area contributed by atoms with Gasteiger partial charge in [-0.2, -0.15) is 0 Å². The van der Waals surface area contributed by atoms with Crippen LogP contribution in [0.15, 0.2) is 157 Å². The minimum atomic E-state index is -2.57. The molecule has 0 bridgehead atoms. The van der Waals surface area contributed by atoms with Gasteiger partial charge in [0.2, 0.25) is 0 Å². The molecule has 0 aliphatic rings. The molecular weight excluding hydrogens is 471 g/mol. The summed E-state index contributed by atoms with van der Waals surface area (Å²) >= 11 is 0. The Kier molecular flexibility index (Phi) is 7.69. The van der Waals surface area contributed by atoms with Crippen molar-refractivity contribution in [2.45, 2.75) is 6.42 Å². The van der Waals surface area contributed by atoms with E-state index in [0.29, 0.717) is 5.50 Å². The molecule has 0 saturated heterocycles. The molecule has 180 valence electrons. The quantitative estimate of drug-likeness (QED) is 0.134. The van der Waals surface area contributed by atoms with Crippen molar-refractivity contribution in [2.75, 3.05) is 0 Å². The van der Waals surface area contributed by atoms with Gasteiger partial charge in [-0.15, -0.1) is 0 Å². The van der Waals surface area contributed by atoms with Gasteiger partial charge in [-0.05, 0) is 47.5 Å². The van der Waals surface area contributed by atoms with Crippen molar-refractivity contribution in [1.82, 2.24) is 0 Å². The number of ether oxygens (including phenoxy) is 1. The predicted molar refractivity (Wildman–Crippen MR) is 156 cm³/mol. The van der Waals surface area contributed by atoms with Crippen LogP contribution in [0.4, 0.5) is 0 Å². The number of carbonyl (C=O) groups excluding carboxylic acids is 1. The first kappa shape index (κ1) is 24.4. The van der Waals surface area contributed by atoms with Crippen molar-refractivity contribution < 1.29 is 9.53 Å². The summed E-state index contributed by atoms with van der Waals surface area (Å²) in [5.74, 6) is -0.277. The zero-order valence-electron chi connectivity index (χ0n) is 20.5. The number of benzene rings is 5. The third-order valence-electron chi connectivity index (χ3n) is 6.26. The second-order valence-electron chi connectivity index (χ2n) is 8.71. The summed E-state index contributed by atoms with van der Waals surface area (Å²) in [6.45, 7) is 0. The van der Waals surface area contributed by atoms with E-state index in [-0.39, 0.29) is 12.4 Å². The smallest absolute Gasteiger partial charge is 0.318 e. The highest BCUT2D eigenvalue weighted by Gasteiger charge is 2.52. The first-order chi connectivity index (χ1) is 18.3. The molecule has 0 radical (unpaired) electrons. The summed E-state index contributed by atoms with van der Waals surface area (Å²) in [5, 5.41) is 3.38. The van der Waals surface area contributed by atoms with Gasteiger partial charge in [-0.25, -0.2) is 0 Å². The molecule has 0 heterocycles. The highest BCUT2D eigenvalue weighted by molar-refractivity contribution is 7.99. The van der Waals surface area contributed by atoms with Crippen LogP contribution >= 0.6 is 7.26 Å². The van der Waals surface area contributed by atoms with E-state index in [4.69, 9.17) is 4.74 Å². The molecule has 0 aliphatic carbocycles. The highest BCUT2D eigenvalue weighted by atomic mass is 31.2. The van der Waals surface area contributed by atoms with E-state index >= 15 is 0 Å². The minimum Gasteiger partial charge on any atom is -0.393 e. The Morgan fingerprint density at radius 3 is 1.35 bits per heavy atom. The predicted octanol–water partition coefficient (Wildman–Crippen LogP) is 6.77. The molecule has 0 atom stereocenters. The largest absolute Gasteiger partial charge is 0.393 e. The first-order valence-corrected chi connectivity index (χ1v) is 14.1. The zero-order chi connectivity index (χ0) is 25.3. The van der Waals surface area contributed by atoms with E-state index in [1.807, 2.05) is 84.9 Å². The van der Waals surface area contributed by atoms with Crippen LogP contribution in [0.3, 0.4) is 0 Å². The standard InChI is InChI=1S/C34H28O2P/c35-33(26-28-16-6-1-7-17-28)36-34(27-29-18-8-2-9-19-29)37(30-20-10-3-11-21-30,31-22-12-4-13-23-31)32-24-14-5-15-25-32/h1-25,27H,26H2/q+1/b34-27+. The fraction of sp³-hybridized carbons (Fsp3) is 0.0294. The fourth-order valence-electron chi connectivity index (χ4n) is 4.59. The number of esters is 1. The highest BCUT2D eigenvalue weighted by Crippen LogP contribution is 2.63. The van der Waals surface area contributed by atoms with Gasteiger partial charge in [0.25, 0.3) is 5.50 Å². The van der Waals surface area contributed by atoms with Gasteiger partial charge in [0.1, 0.15) is 15.9 Å². The molecule has 0 amide bonds. The maximum absolute atomic E-state index is 13.5. The van der Waals surface area contributed by atoms with Gasteiger partial charge in [-0.1, -0.05) is 115 Å². The summed E-state index contributed by atoms with van der Waals surface area (Å²) in [7, 11) is -2.57. The summed E-state index contributed by atoms with van der Waals surface area (Å²) in [4.78, 5) is 13.5. The molecule has 0 aliphatic heterocycles. The molecule has 0 aromatic heterocycles. The molecule has 0 spiro atoms. The molecule has 37 heavy (non-hydrogen) atoms. The van der Waals surface area contributed by atoms with Gasteiger partial charge in [0.15, 0.2) is 7.26 Å². The molecule has 5 aromatic rings. The second-order valence-corrected chi connectivity index (χ2v) is 12.0. The van der Waals surface area contributed by atoms with Crippen molar-refractivity contribution in [2.24, 2.45) is 0 Å². The van der Waals surface area contributed by atoms with Crippen LogP contribution < -0.4 is 15.9 Å². The van der Waals surface area contributed by atoms with Crippen LogP contribution in [0.1, 0.15) is 11.1 Å². The summed E-state index contributed by atoms with van der Waals surface area (Å²) < 4.78 is 6.46. The van der Waals surface area contributed by atoms with Crippen LogP contribution in [-0.2, 0) is 16.0 Å². The molecule has 5 aromatic carbocycles. The molecule has 0 saturated carbocycles. The van der Waals surface area contributed by atoms with Gasteiger partial charge in [-0.3, -0.25) is 4.79 Å². The summed E-state index contributed by atoms with van der Waals surface area (Å²) in [6, 6.07) is 51.1. The maximum atomic E-state index is 13.5. The van der Waals surface area contributed by atoms with Crippen LogP contribution in [0.2, 0.25) is 0 Å². The van der Waals surface area contributed by atoms with E-state index in [1.54, 1.807) is 0 Å². The molecule has 0 N–H and O–H groups in total. The van der Waals surface area contributed by atoms with Crippen molar-refractivity contribution >= 4 is 35.2 Å². The third-order valence-corrected chi connectivity index (χ3v) is 10.4.